The first-order valence-corrected chi connectivity index (χ1v) is 9.21. The van der Waals surface area contributed by atoms with Crippen molar-refractivity contribution >= 4 is 11.8 Å². The quantitative estimate of drug-likeness (QED) is 0.566. The van der Waals surface area contributed by atoms with E-state index in [0.29, 0.717) is 23.4 Å². The molecule has 2 N–H and O–H groups in total. The summed E-state index contributed by atoms with van der Waals surface area (Å²) in [6.45, 7) is 4.55. The zero-order chi connectivity index (χ0) is 19.2. The molecular formula is C22H24N2O3. The van der Waals surface area contributed by atoms with Crippen LogP contribution in [0.5, 0.6) is 5.75 Å². The van der Waals surface area contributed by atoms with Gasteiger partial charge >= 0.3 is 6.03 Å². The molecule has 0 saturated carbocycles. The van der Waals surface area contributed by atoms with Gasteiger partial charge < -0.3 is 15.4 Å². The van der Waals surface area contributed by atoms with Gasteiger partial charge in [0.1, 0.15) is 5.75 Å². The third-order valence-electron chi connectivity index (χ3n) is 4.53. The van der Waals surface area contributed by atoms with Gasteiger partial charge in [0.2, 0.25) is 0 Å². The first kappa shape index (κ1) is 18.7. The molecule has 2 amide bonds. The van der Waals surface area contributed by atoms with E-state index in [4.69, 9.17) is 4.74 Å². The highest BCUT2D eigenvalue weighted by molar-refractivity contribution is 6.11. The van der Waals surface area contributed by atoms with Crippen molar-refractivity contribution in [2.45, 2.75) is 32.7 Å². The Morgan fingerprint density at radius 2 is 1.78 bits per heavy atom. The Labute approximate surface area is 159 Å². The topological polar surface area (TPSA) is 67.4 Å². The van der Waals surface area contributed by atoms with Crippen LogP contribution >= 0.6 is 0 Å². The Hall–Kier alpha value is -3.08. The molecule has 140 valence electrons. The highest BCUT2D eigenvalue weighted by atomic mass is 16.5. The van der Waals surface area contributed by atoms with Crippen LogP contribution in [0.2, 0.25) is 0 Å². The Balaban J connectivity index is 1.88. The molecule has 0 bridgehead atoms. The van der Waals surface area contributed by atoms with Gasteiger partial charge in [0.25, 0.3) is 0 Å². The lowest BCUT2D eigenvalue weighted by Gasteiger charge is -2.28. The Morgan fingerprint density at radius 3 is 2.44 bits per heavy atom. The molecule has 0 spiro atoms. The van der Waals surface area contributed by atoms with Crippen molar-refractivity contribution in [3.63, 3.8) is 0 Å². The Morgan fingerprint density at radius 1 is 1.07 bits per heavy atom. The number of benzene rings is 2. The summed E-state index contributed by atoms with van der Waals surface area (Å²) in [6.07, 6.45) is 2.08. The molecule has 1 atom stereocenters. The number of nitrogens with one attached hydrogen (secondary N) is 2. The molecule has 0 aromatic heterocycles. The highest BCUT2D eigenvalue weighted by Gasteiger charge is 2.31. The number of hydrogen-bond donors (Lipinski definition) is 2. The van der Waals surface area contributed by atoms with E-state index in [0.717, 1.165) is 24.2 Å². The molecule has 1 aliphatic rings. The third kappa shape index (κ3) is 4.37. The Kier molecular flexibility index (Phi) is 5.91. The molecule has 3 rings (SSSR count). The second kappa shape index (κ2) is 8.54. The lowest BCUT2D eigenvalue weighted by molar-refractivity contribution is 0.102. The van der Waals surface area contributed by atoms with Crippen LogP contribution in [0.25, 0.3) is 0 Å². The molecule has 0 radical (unpaired) electrons. The minimum atomic E-state index is -0.504. The van der Waals surface area contributed by atoms with Crippen molar-refractivity contribution in [2.75, 3.05) is 6.61 Å². The molecule has 5 nitrogen and oxygen atoms in total. The number of amides is 2. The Bertz CT molecular complexity index is 842. The van der Waals surface area contributed by atoms with E-state index in [1.807, 2.05) is 42.5 Å². The van der Waals surface area contributed by atoms with Crippen molar-refractivity contribution in [1.29, 1.82) is 0 Å². The normalized spacial score (nSPS) is 16.5. The monoisotopic (exact) mass is 364 g/mol. The van der Waals surface area contributed by atoms with Gasteiger partial charge in [-0.25, -0.2) is 4.79 Å². The largest absolute Gasteiger partial charge is 0.494 e. The van der Waals surface area contributed by atoms with Gasteiger partial charge in [0.15, 0.2) is 5.78 Å². The van der Waals surface area contributed by atoms with Crippen LogP contribution in [-0.4, -0.2) is 18.4 Å². The average Bonchev–Trinajstić information content (AvgIpc) is 2.68. The summed E-state index contributed by atoms with van der Waals surface area (Å²) in [6, 6.07) is 15.8. The predicted molar refractivity (Wildman–Crippen MR) is 105 cm³/mol. The van der Waals surface area contributed by atoms with Crippen molar-refractivity contribution in [3.8, 4) is 5.75 Å². The number of ether oxygens (including phenoxy) is 1. The number of rotatable bonds is 7. The van der Waals surface area contributed by atoms with Gasteiger partial charge in [-0.1, -0.05) is 55.8 Å². The van der Waals surface area contributed by atoms with E-state index in [1.54, 1.807) is 19.1 Å². The second-order valence-corrected chi connectivity index (χ2v) is 6.54. The standard InChI is InChI=1S/C22H24N2O3/c1-3-4-14-27-18-12-10-16(11-13-18)20-19(15(2)23-22(26)24-20)21(25)17-8-6-5-7-9-17/h5-13,20H,3-4,14H2,1-2H3,(H2,23,24,26)/t20-/m1/s1. The first-order chi connectivity index (χ1) is 13.1. The number of carbonyl (C=O) groups is 2. The summed E-state index contributed by atoms with van der Waals surface area (Å²) in [5.74, 6) is 0.679. The number of ketones is 1. The summed E-state index contributed by atoms with van der Waals surface area (Å²) < 4.78 is 5.70. The number of hydrogen-bond acceptors (Lipinski definition) is 3. The maximum absolute atomic E-state index is 13.1. The van der Waals surface area contributed by atoms with Gasteiger partial charge in [-0.05, 0) is 31.0 Å². The molecule has 0 unspecified atom stereocenters. The van der Waals surface area contributed by atoms with E-state index >= 15 is 0 Å². The molecule has 0 aliphatic carbocycles. The van der Waals surface area contributed by atoms with E-state index in [9.17, 15) is 9.59 Å². The molecule has 0 fully saturated rings. The maximum Gasteiger partial charge on any atom is 0.319 e. The summed E-state index contributed by atoms with van der Waals surface area (Å²) >= 11 is 0. The number of allylic oxidation sites excluding steroid dienone is 1. The van der Waals surface area contributed by atoms with Crippen LogP contribution in [0.4, 0.5) is 4.79 Å². The lowest BCUT2D eigenvalue weighted by Crippen LogP contribution is -2.45. The first-order valence-electron chi connectivity index (χ1n) is 9.21. The van der Waals surface area contributed by atoms with Gasteiger partial charge in [-0.2, -0.15) is 0 Å². The van der Waals surface area contributed by atoms with Gasteiger partial charge in [0, 0.05) is 16.8 Å². The second-order valence-electron chi connectivity index (χ2n) is 6.54. The summed E-state index contributed by atoms with van der Waals surface area (Å²) in [5.41, 5.74) is 2.54. The minimum absolute atomic E-state index is 0.103. The maximum atomic E-state index is 13.1. The van der Waals surface area contributed by atoms with E-state index < -0.39 is 6.04 Å². The molecule has 2 aromatic carbocycles. The zero-order valence-electron chi connectivity index (χ0n) is 15.6. The fourth-order valence-electron chi connectivity index (χ4n) is 3.08. The molecule has 0 saturated heterocycles. The van der Waals surface area contributed by atoms with Crippen molar-refractivity contribution in [1.82, 2.24) is 10.6 Å². The molecule has 5 heteroatoms. The molecule has 27 heavy (non-hydrogen) atoms. The average molecular weight is 364 g/mol. The fourth-order valence-corrected chi connectivity index (χ4v) is 3.08. The number of Topliss-reactive ketones (excluding diaryl/α,β-unsaturated/α-hetero) is 1. The lowest BCUT2D eigenvalue weighted by atomic mass is 9.89. The van der Waals surface area contributed by atoms with Crippen LogP contribution in [0.1, 0.15) is 48.7 Å². The third-order valence-corrected chi connectivity index (χ3v) is 4.53. The van der Waals surface area contributed by atoms with Gasteiger partial charge in [-0.15, -0.1) is 0 Å². The SMILES string of the molecule is CCCCOc1ccc([C@H]2NC(=O)NC(C)=C2C(=O)c2ccccc2)cc1. The summed E-state index contributed by atoms with van der Waals surface area (Å²) in [4.78, 5) is 25.1. The number of carbonyl (C=O) groups excluding carboxylic acids is 2. The molecule has 1 heterocycles. The summed E-state index contributed by atoms with van der Waals surface area (Å²) in [5, 5.41) is 5.58. The van der Waals surface area contributed by atoms with E-state index in [1.165, 1.54) is 0 Å². The van der Waals surface area contributed by atoms with Gasteiger partial charge in [0.05, 0.1) is 12.6 Å². The van der Waals surface area contributed by atoms with E-state index in [-0.39, 0.29) is 11.8 Å². The van der Waals surface area contributed by atoms with Gasteiger partial charge in [-0.3, -0.25) is 4.79 Å². The minimum Gasteiger partial charge on any atom is -0.494 e. The van der Waals surface area contributed by atoms with Crippen LogP contribution < -0.4 is 15.4 Å². The zero-order valence-corrected chi connectivity index (χ0v) is 15.6. The number of urea groups is 1. The molecular weight excluding hydrogens is 340 g/mol. The van der Waals surface area contributed by atoms with Crippen molar-refractivity contribution in [3.05, 3.63) is 77.0 Å². The summed E-state index contributed by atoms with van der Waals surface area (Å²) in [7, 11) is 0. The van der Waals surface area contributed by atoms with Crippen LogP contribution in [0.15, 0.2) is 65.9 Å². The van der Waals surface area contributed by atoms with Crippen molar-refractivity contribution < 1.29 is 14.3 Å². The van der Waals surface area contributed by atoms with Crippen LogP contribution in [0, 0.1) is 0 Å². The van der Waals surface area contributed by atoms with Crippen LogP contribution in [-0.2, 0) is 0 Å². The molecule has 2 aromatic rings. The smallest absolute Gasteiger partial charge is 0.319 e. The van der Waals surface area contributed by atoms with Crippen LogP contribution in [0.3, 0.4) is 0 Å². The predicted octanol–water partition coefficient (Wildman–Crippen LogP) is 4.38. The highest BCUT2D eigenvalue weighted by Crippen LogP contribution is 2.30. The van der Waals surface area contributed by atoms with Crippen molar-refractivity contribution in [2.24, 2.45) is 0 Å². The van der Waals surface area contributed by atoms with E-state index in [2.05, 4.69) is 17.6 Å². The number of unbranched alkanes of at least 4 members (excludes halogenated alkanes) is 1. The fraction of sp³-hybridized carbons (Fsp3) is 0.273. The molecule has 1 aliphatic heterocycles.